The molecule has 6 nitrogen and oxygen atoms in total. The maximum Gasteiger partial charge on any atom is 0.258 e. The Kier molecular flexibility index (Phi) is 10.3. The van der Waals surface area contributed by atoms with E-state index in [0.29, 0.717) is 48.3 Å². The standard InChI is InChI=1S/C23H36N2O4S/c1-5-8-14-28-20-18(22(26)24(4)12-7-3)10-11-19(21(20)29-15-9-6-2)23(27)25-13-16-30-17-25/h10-11H,5-9,12-17H2,1-4H3. The van der Waals surface area contributed by atoms with Crippen LogP contribution in [0.4, 0.5) is 0 Å². The van der Waals surface area contributed by atoms with Crippen LogP contribution >= 0.6 is 11.8 Å². The molecule has 30 heavy (non-hydrogen) atoms. The second-order valence-corrected chi connectivity index (χ2v) is 8.63. The molecule has 1 aliphatic rings. The van der Waals surface area contributed by atoms with E-state index < -0.39 is 0 Å². The molecule has 2 rings (SSSR count). The van der Waals surface area contributed by atoms with Gasteiger partial charge in [0.25, 0.3) is 11.8 Å². The van der Waals surface area contributed by atoms with Crippen molar-refractivity contribution in [2.45, 2.75) is 52.9 Å². The maximum absolute atomic E-state index is 13.2. The summed E-state index contributed by atoms with van der Waals surface area (Å²) in [5.74, 6) is 2.27. The van der Waals surface area contributed by atoms with Gasteiger partial charge in [0.05, 0.1) is 30.2 Å². The van der Waals surface area contributed by atoms with Crippen LogP contribution in [-0.2, 0) is 0 Å². The van der Waals surface area contributed by atoms with Gasteiger partial charge < -0.3 is 19.3 Å². The van der Waals surface area contributed by atoms with Crippen LogP contribution in [0.2, 0.25) is 0 Å². The molecular weight excluding hydrogens is 400 g/mol. The maximum atomic E-state index is 13.2. The number of hydrogen-bond donors (Lipinski definition) is 0. The first-order valence-corrected chi connectivity index (χ1v) is 12.3. The molecule has 0 aromatic heterocycles. The zero-order chi connectivity index (χ0) is 21.9. The molecule has 0 N–H and O–H groups in total. The Morgan fingerprint density at radius 2 is 1.60 bits per heavy atom. The number of nitrogens with zero attached hydrogens (tertiary/aromatic N) is 2. The summed E-state index contributed by atoms with van der Waals surface area (Å²) >= 11 is 1.74. The first kappa shape index (κ1) is 24.4. The Labute approximate surface area is 185 Å². The summed E-state index contributed by atoms with van der Waals surface area (Å²) < 4.78 is 12.2. The van der Waals surface area contributed by atoms with Crippen molar-refractivity contribution in [1.82, 2.24) is 9.80 Å². The van der Waals surface area contributed by atoms with E-state index in [1.807, 2.05) is 11.8 Å². The fraction of sp³-hybridized carbons (Fsp3) is 0.652. The largest absolute Gasteiger partial charge is 0.489 e. The van der Waals surface area contributed by atoms with Gasteiger partial charge in [0.15, 0.2) is 11.5 Å². The van der Waals surface area contributed by atoms with Gasteiger partial charge in [-0.15, -0.1) is 11.8 Å². The van der Waals surface area contributed by atoms with Gasteiger partial charge in [0.2, 0.25) is 0 Å². The van der Waals surface area contributed by atoms with Crippen LogP contribution in [-0.4, -0.2) is 66.6 Å². The monoisotopic (exact) mass is 436 g/mol. The third kappa shape index (κ3) is 6.30. The van der Waals surface area contributed by atoms with Crippen molar-refractivity contribution in [3.8, 4) is 11.5 Å². The summed E-state index contributed by atoms with van der Waals surface area (Å²) in [7, 11) is 1.79. The molecule has 1 saturated heterocycles. The highest BCUT2D eigenvalue weighted by Crippen LogP contribution is 2.38. The summed E-state index contributed by atoms with van der Waals surface area (Å²) in [5, 5.41) is 0. The SMILES string of the molecule is CCCCOc1c(C(=O)N(C)CCC)ccc(C(=O)N2CCSC2)c1OCCCC. The molecule has 1 aromatic rings. The number of unbranched alkanes of at least 4 members (excludes halogenated alkanes) is 2. The molecule has 0 bridgehead atoms. The summed E-state index contributed by atoms with van der Waals surface area (Å²) in [5.41, 5.74) is 0.940. The van der Waals surface area contributed by atoms with Crippen LogP contribution in [0.5, 0.6) is 11.5 Å². The van der Waals surface area contributed by atoms with E-state index in [-0.39, 0.29) is 11.8 Å². The Morgan fingerprint density at radius 3 is 2.13 bits per heavy atom. The second kappa shape index (κ2) is 12.7. The third-order valence-corrected chi connectivity index (χ3v) is 5.97. The Morgan fingerprint density at radius 1 is 1.00 bits per heavy atom. The average Bonchev–Trinajstić information content (AvgIpc) is 3.28. The zero-order valence-electron chi connectivity index (χ0n) is 18.9. The number of benzene rings is 1. The van der Waals surface area contributed by atoms with Crippen molar-refractivity contribution in [2.24, 2.45) is 0 Å². The summed E-state index contributed by atoms with van der Waals surface area (Å²) in [6, 6.07) is 3.45. The number of carbonyl (C=O) groups is 2. The molecule has 1 aromatic carbocycles. The van der Waals surface area contributed by atoms with E-state index in [1.54, 1.807) is 35.8 Å². The highest BCUT2D eigenvalue weighted by atomic mass is 32.2. The third-order valence-electron chi connectivity index (χ3n) is 5.01. The van der Waals surface area contributed by atoms with E-state index in [4.69, 9.17) is 9.47 Å². The van der Waals surface area contributed by atoms with Gasteiger partial charge in [-0.1, -0.05) is 33.6 Å². The lowest BCUT2D eigenvalue weighted by molar-refractivity contribution is 0.0777. The van der Waals surface area contributed by atoms with Crippen LogP contribution in [0.15, 0.2) is 12.1 Å². The molecule has 2 amide bonds. The lowest BCUT2D eigenvalue weighted by Gasteiger charge is -2.23. The van der Waals surface area contributed by atoms with E-state index in [2.05, 4.69) is 13.8 Å². The predicted molar refractivity (Wildman–Crippen MR) is 123 cm³/mol. The van der Waals surface area contributed by atoms with Gasteiger partial charge in [0.1, 0.15) is 0 Å². The molecule has 0 unspecified atom stereocenters. The highest BCUT2D eigenvalue weighted by Gasteiger charge is 2.29. The fourth-order valence-corrected chi connectivity index (χ4v) is 4.16. The van der Waals surface area contributed by atoms with Crippen molar-refractivity contribution >= 4 is 23.6 Å². The minimum absolute atomic E-state index is 0.0623. The van der Waals surface area contributed by atoms with Crippen LogP contribution in [0.1, 0.15) is 73.6 Å². The molecule has 1 fully saturated rings. The first-order chi connectivity index (χ1) is 14.5. The van der Waals surface area contributed by atoms with E-state index in [9.17, 15) is 9.59 Å². The summed E-state index contributed by atoms with van der Waals surface area (Å²) in [6.07, 6.45) is 4.57. The van der Waals surface area contributed by atoms with Crippen molar-refractivity contribution in [1.29, 1.82) is 0 Å². The van der Waals surface area contributed by atoms with E-state index >= 15 is 0 Å². The van der Waals surface area contributed by atoms with Crippen molar-refractivity contribution in [3.05, 3.63) is 23.3 Å². The van der Waals surface area contributed by atoms with E-state index in [1.165, 1.54) is 0 Å². The molecule has 0 radical (unpaired) electrons. The topological polar surface area (TPSA) is 59.1 Å². The number of ether oxygens (including phenoxy) is 2. The first-order valence-electron chi connectivity index (χ1n) is 11.1. The zero-order valence-corrected chi connectivity index (χ0v) is 19.7. The molecular formula is C23H36N2O4S. The minimum Gasteiger partial charge on any atom is -0.489 e. The smallest absolute Gasteiger partial charge is 0.258 e. The average molecular weight is 437 g/mol. The van der Waals surface area contributed by atoms with Gasteiger partial charge in [0, 0.05) is 25.9 Å². The molecule has 0 atom stereocenters. The highest BCUT2D eigenvalue weighted by molar-refractivity contribution is 7.99. The number of carbonyl (C=O) groups excluding carboxylic acids is 2. The van der Waals surface area contributed by atoms with Crippen molar-refractivity contribution in [3.63, 3.8) is 0 Å². The lowest BCUT2D eigenvalue weighted by Crippen LogP contribution is -2.30. The van der Waals surface area contributed by atoms with E-state index in [0.717, 1.165) is 44.4 Å². The molecule has 168 valence electrons. The van der Waals surface area contributed by atoms with Gasteiger partial charge in [-0.3, -0.25) is 9.59 Å². The second-order valence-electron chi connectivity index (χ2n) is 7.56. The molecule has 7 heteroatoms. The number of thioether (sulfide) groups is 1. The number of amides is 2. The van der Waals surface area contributed by atoms with Gasteiger partial charge >= 0.3 is 0 Å². The summed E-state index contributed by atoms with van der Waals surface area (Å²) in [6.45, 7) is 8.57. The fourth-order valence-electron chi connectivity index (χ4n) is 3.21. The molecule has 1 aliphatic heterocycles. The van der Waals surface area contributed by atoms with Crippen molar-refractivity contribution in [2.75, 3.05) is 45.0 Å². The Bertz CT molecular complexity index is 705. The molecule has 0 spiro atoms. The number of hydrogen-bond acceptors (Lipinski definition) is 5. The van der Waals surface area contributed by atoms with Crippen molar-refractivity contribution < 1.29 is 19.1 Å². The predicted octanol–water partition coefficient (Wildman–Crippen LogP) is 4.67. The summed E-state index contributed by atoms with van der Waals surface area (Å²) in [4.78, 5) is 29.8. The molecule has 0 aliphatic carbocycles. The molecule has 1 heterocycles. The normalized spacial score (nSPS) is 13.4. The van der Waals surface area contributed by atoms with Gasteiger partial charge in [-0.25, -0.2) is 0 Å². The molecule has 0 saturated carbocycles. The Balaban J connectivity index is 2.48. The Hall–Kier alpha value is -1.89. The quantitative estimate of drug-likeness (QED) is 0.446. The van der Waals surface area contributed by atoms with Gasteiger partial charge in [-0.2, -0.15) is 0 Å². The minimum atomic E-state index is -0.112. The van der Waals surface area contributed by atoms with Crippen LogP contribution in [0.25, 0.3) is 0 Å². The number of rotatable bonds is 12. The lowest BCUT2D eigenvalue weighted by atomic mass is 10.1. The van der Waals surface area contributed by atoms with Gasteiger partial charge in [-0.05, 0) is 31.4 Å². The van der Waals surface area contributed by atoms with Crippen LogP contribution in [0.3, 0.4) is 0 Å². The van der Waals surface area contributed by atoms with Crippen LogP contribution in [0, 0.1) is 0 Å². The van der Waals surface area contributed by atoms with Crippen LogP contribution < -0.4 is 9.47 Å².